The summed E-state index contributed by atoms with van der Waals surface area (Å²) in [5.74, 6) is 1.31. The zero-order chi connectivity index (χ0) is 18.0. The van der Waals surface area contributed by atoms with E-state index in [9.17, 15) is 4.79 Å². The number of hydrogen-bond acceptors (Lipinski definition) is 4. The highest BCUT2D eigenvalue weighted by Gasteiger charge is 2.42. The second-order valence-corrected chi connectivity index (χ2v) is 7.60. The molecule has 1 saturated heterocycles. The average molecular weight is 393 g/mol. The number of aryl methyl sites for hydroxylation is 1. The molecule has 7 nitrogen and oxygen atoms in total. The van der Waals surface area contributed by atoms with Crippen LogP contribution in [0.2, 0.25) is 0 Å². The van der Waals surface area contributed by atoms with Gasteiger partial charge < -0.3 is 10.6 Å². The van der Waals surface area contributed by atoms with Gasteiger partial charge in [-0.15, -0.1) is 12.4 Å². The molecule has 4 rings (SSSR count). The minimum Gasteiger partial charge on any atom is -0.317 e. The minimum absolute atomic E-state index is 0. The number of aromatic nitrogens is 4. The Labute approximate surface area is 166 Å². The van der Waals surface area contributed by atoms with E-state index in [1.165, 1.54) is 32.1 Å². The van der Waals surface area contributed by atoms with Crippen LogP contribution in [-0.4, -0.2) is 38.6 Å². The van der Waals surface area contributed by atoms with Crippen molar-refractivity contribution in [2.75, 3.05) is 18.4 Å². The van der Waals surface area contributed by atoms with Gasteiger partial charge in [0.2, 0.25) is 0 Å². The molecule has 0 spiro atoms. The van der Waals surface area contributed by atoms with Gasteiger partial charge in [0.25, 0.3) is 5.91 Å². The molecular formula is C19H29ClN6O. The van der Waals surface area contributed by atoms with E-state index in [0.717, 1.165) is 37.4 Å². The van der Waals surface area contributed by atoms with Crippen LogP contribution in [0, 0.1) is 0 Å². The van der Waals surface area contributed by atoms with Gasteiger partial charge in [-0.2, -0.15) is 10.2 Å². The molecule has 1 saturated carbocycles. The highest BCUT2D eigenvalue weighted by atomic mass is 35.5. The molecule has 0 radical (unpaired) electrons. The molecule has 0 bridgehead atoms. The SMILES string of the molecule is Cl.Cn1nc(C2CCCCC2)cc1NC(=O)C1(n2cccn2)CCNCC1. The molecule has 8 heteroatoms. The predicted octanol–water partition coefficient (Wildman–Crippen LogP) is 2.80. The number of carbonyl (C=O) groups excluding carboxylic acids is 1. The van der Waals surface area contributed by atoms with Gasteiger partial charge in [0.05, 0.1) is 5.69 Å². The van der Waals surface area contributed by atoms with Crippen LogP contribution in [0.4, 0.5) is 5.82 Å². The van der Waals surface area contributed by atoms with Crippen LogP contribution in [0.25, 0.3) is 0 Å². The van der Waals surface area contributed by atoms with Crippen molar-refractivity contribution in [1.82, 2.24) is 24.9 Å². The summed E-state index contributed by atoms with van der Waals surface area (Å²) in [5.41, 5.74) is 0.477. The Kier molecular flexibility index (Phi) is 6.22. The van der Waals surface area contributed by atoms with Crippen LogP contribution in [0.15, 0.2) is 24.5 Å². The fourth-order valence-corrected chi connectivity index (χ4v) is 4.36. The Bertz CT molecular complexity index is 744. The molecule has 2 N–H and O–H groups in total. The summed E-state index contributed by atoms with van der Waals surface area (Å²) in [6.45, 7) is 1.62. The summed E-state index contributed by atoms with van der Waals surface area (Å²) in [6.07, 6.45) is 11.4. The lowest BCUT2D eigenvalue weighted by Gasteiger charge is -2.36. The van der Waals surface area contributed by atoms with Gasteiger partial charge in [-0.3, -0.25) is 14.2 Å². The van der Waals surface area contributed by atoms with Gasteiger partial charge in [0.1, 0.15) is 11.4 Å². The van der Waals surface area contributed by atoms with Gasteiger partial charge >= 0.3 is 0 Å². The first kappa shape index (κ1) is 19.9. The zero-order valence-corrected chi connectivity index (χ0v) is 16.7. The number of halogens is 1. The van der Waals surface area contributed by atoms with Crippen molar-refractivity contribution in [3.63, 3.8) is 0 Å². The molecule has 0 unspecified atom stereocenters. The van der Waals surface area contributed by atoms with Crippen molar-refractivity contribution in [1.29, 1.82) is 0 Å². The van der Waals surface area contributed by atoms with Gasteiger partial charge in [-0.1, -0.05) is 19.3 Å². The maximum Gasteiger partial charge on any atom is 0.253 e. The third kappa shape index (κ3) is 3.89. The molecule has 2 fully saturated rings. The van der Waals surface area contributed by atoms with E-state index in [1.807, 2.05) is 24.0 Å². The normalized spacial score (nSPS) is 20.0. The summed E-state index contributed by atoms with van der Waals surface area (Å²) in [4.78, 5) is 13.3. The van der Waals surface area contributed by atoms with Gasteiger partial charge in [-0.25, -0.2) is 0 Å². The van der Waals surface area contributed by atoms with E-state index in [2.05, 4.69) is 26.9 Å². The largest absolute Gasteiger partial charge is 0.317 e. The first-order valence-electron chi connectivity index (χ1n) is 9.75. The van der Waals surface area contributed by atoms with Crippen LogP contribution in [0.3, 0.4) is 0 Å². The van der Waals surface area contributed by atoms with Crippen molar-refractivity contribution >= 4 is 24.1 Å². The number of nitrogens with zero attached hydrogens (tertiary/aromatic N) is 4. The summed E-state index contributed by atoms with van der Waals surface area (Å²) in [6, 6.07) is 3.94. The standard InChI is InChI=1S/C19H28N6O.ClH/c1-24-17(14-16(23-24)15-6-3-2-4-7-15)22-18(26)19(8-11-20-12-9-19)25-13-5-10-21-25;/h5,10,13-15,20H,2-4,6-9,11-12H2,1H3,(H,22,26);1H. The molecule has 27 heavy (non-hydrogen) atoms. The maximum absolute atomic E-state index is 13.3. The molecule has 0 atom stereocenters. The predicted molar refractivity (Wildman–Crippen MR) is 107 cm³/mol. The Hall–Kier alpha value is -1.86. The summed E-state index contributed by atoms with van der Waals surface area (Å²) < 4.78 is 3.63. The molecule has 3 heterocycles. The fraction of sp³-hybridized carbons (Fsp3) is 0.632. The number of nitrogens with one attached hydrogen (secondary N) is 2. The number of rotatable bonds is 4. The Morgan fingerprint density at radius 1 is 1.26 bits per heavy atom. The van der Waals surface area contributed by atoms with Crippen LogP contribution in [0.1, 0.15) is 56.6 Å². The topological polar surface area (TPSA) is 76.8 Å². The third-order valence-electron chi connectivity index (χ3n) is 5.96. The number of piperidine rings is 1. The zero-order valence-electron chi connectivity index (χ0n) is 15.9. The average Bonchev–Trinajstić information content (AvgIpc) is 3.34. The first-order valence-corrected chi connectivity index (χ1v) is 9.75. The number of amides is 1. The summed E-state index contributed by atoms with van der Waals surface area (Å²) in [7, 11) is 1.91. The van der Waals surface area contributed by atoms with E-state index in [4.69, 9.17) is 0 Å². The highest BCUT2D eigenvalue weighted by molar-refractivity contribution is 5.96. The van der Waals surface area contributed by atoms with Crippen LogP contribution >= 0.6 is 12.4 Å². The number of hydrogen-bond donors (Lipinski definition) is 2. The molecular weight excluding hydrogens is 364 g/mol. The van der Waals surface area contributed by atoms with Crippen LogP contribution in [-0.2, 0) is 17.4 Å². The maximum atomic E-state index is 13.3. The Balaban J connectivity index is 0.00000210. The van der Waals surface area contributed by atoms with Gasteiger partial charge in [0.15, 0.2) is 0 Å². The van der Waals surface area contributed by atoms with E-state index < -0.39 is 5.54 Å². The Morgan fingerprint density at radius 2 is 2.00 bits per heavy atom. The molecule has 1 aliphatic carbocycles. The third-order valence-corrected chi connectivity index (χ3v) is 5.96. The van der Waals surface area contributed by atoms with Crippen molar-refractivity contribution in [2.24, 2.45) is 7.05 Å². The summed E-state index contributed by atoms with van der Waals surface area (Å²) >= 11 is 0. The highest BCUT2D eigenvalue weighted by Crippen LogP contribution is 2.34. The lowest BCUT2D eigenvalue weighted by atomic mass is 9.87. The van der Waals surface area contributed by atoms with Crippen LogP contribution in [0.5, 0.6) is 0 Å². The number of carbonyl (C=O) groups is 1. The molecule has 0 aromatic carbocycles. The second kappa shape index (κ2) is 8.44. The molecule has 148 valence electrons. The van der Waals surface area contributed by atoms with Crippen LogP contribution < -0.4 is 10.6 Å². The van der Waals surface area contributed by atoms with Crippen molar-refractivity contribution in [3.05, 3.63) is 30.2 Å². The molecule has 2 aliphatic rings. The summed E-state index contributed by atoms with van der Waals surface area (Å²) in [5, 5.41) is 15.5. The van der Waals surface area contributed by atoms with E-state index in [0.29, 0.717) is 5.92 Å². The van der Waals surface area contributed by atoms with Gasteiger partial charge in [0, 0.05) is 31.4 Å². The van der Waals surface area contributed by atoms with E-state index in [-0.39, 0.29) is 18.3 Å². The first-order chi connectivity index (χ1) is 12.7. The quantitative estimate of drug-likeness (QED) is 0.838. The van der Waals surface area contributed by atoms with Crippen molar-refractivity contribution in [2.45, 2.75) is 56.4 Å². The van der Waals surface area contributed by atoms with Crippen molar-refractivity contribution < 1.29 is 4.79 Å². The second-order valence-electron chi connectivity index (χ2n) is 7.60. The smallest absolute Gasteiger partial charge is 0.253 e. The van der Waals surface area contributed by atoms with E-state index >= 15 is 0 Å². The lowest BCUT2D eigenvalue weighted by molar-refractivity contribution is -0.126. The molecule has 1 amide bonds. The minimum atomic E-state index is -0.635. The van der Waals surface area contributed by atoms with Gasteiger partial charge in [-0.05, 0) is 44.8 Å². The lowest BCUT2D eigenvalue weighted by Crippen LogP contribution is -2.52. The molecule has 2 aromatic heterocycles. The monoisotopic (exact) mass is 392 g/mol. The van der Waals surface area contributed by atoms with E-state index in [1.54, 1.807) is 10.9 Å². The fourth-order valence-electron chi connectivity index (χ4n) is 4.36. The van der Waals surface area contributed by atoms with Crippen molar-refractivity contribution in [3.8, 4) is 0 Å². The number of anilines is 1. The Morgan fingerprint density at radius 3 is 2.67 bits per heavy atom. The molecule has 2 aromatic rings. The molecule has 1 aliphatic heterocycles.